The number of amides is 1. The van der Waals surface area contributed by atoms with Gasteiger partial charge in [-0.15, -0.1) is 0 Å². The Morgan fingerprint density at radius 3 is 2.56 bits per heavy atom. The molecule has 3 aromatic heterocycles. The van der Waals surface area contributed by atoms with Gasteiger partial charge < -0.3 is 19.4 Å². The van der Waals surface area contributed by atoms with E-state index in [0.717, 1.165) is 42.8 Å². The fourth-order valence-corrected chi connectivity index (χ4v) is 4.75. The second-order valence-corrected chi connectivity index (χ2v) is 9.05. The third kappa shape index (κ3) is 3.23. The number of aromatic nitrogens is 5. The average Bonchev–Trinajstić information content (AvgIpc) is 3.25. The van der Waals surface area contributed by atoms with E-state index in [1.165, 1.54) is 12.5 Å². The molecule has 168 valence electrons. The van der Waals surface area contributed by atoms with Crippen molar-refractivity contribution >= 4 is 28.3 Å². The van der Waals surface area contributed by atoms with Crippen LogP contribution in [0.4, 0.5) is 11.4 Å². The number of pyridine rings is 1. The van der Waals surface area contributed by atoms with E-state index in [9.17, 15) is 9.59 Å². The van der Waals surface area contributed by atoms with Gasteiger partial charge in [0.15, 0.2) is 0 Å². The quantitative estimate of drug-likeness (QED) is 0.601. The topological polar surface area (TPSA) is 90.0 Å². The van der Waals surface area contributed by atoms with Gasteiger partial charge in [-0.1, -0.05) is 6.58 Å². The highest BCUT2D eigenvalue weighted by molar-refractivity contribution is 5.90. The van der Waals surface area contributed by atoms with Crippen LogP contribution in [0.25, 0.3) is 11.0 Å². The lowest BCUT2D eigenvalue weighted by Gasteiger charge is -2.41. The van der Waals surface area contributed by atoms with Gasteiger partial charge in [0.05, 0.1) is 23.4 Å². The maximum Gasteiger partial charge on any atom is 0.277 e. The molecule has 0 spiro atoms. The Morgan fingerprint density at radius 2 is 1.97 bits per heavy atom. The second-order valence-electron chi connectivity index (χ2n) is 9.05. The number of hydrogen-bond donors (Lipinski definition) is 1. The molecule has 32 heavy (non-hydrogen) atoms. The van der Waals surface area contributed by atoms with Gasteiger partial charge in [0.25, 0.3) is 5.56 Å². The summed E-state index contributed by atoms with van der Waals surface area (Å²) in [6.07, 6.45) is 11.8. The summed E-state index contributed by atoms with van der Waals surface area (Å²) >= 11 is 0. The van der Waals surface area contributed by atoms with E-state index in [1.54, 1.807) is 16.6 Å². The van der Waals surface area contributed by atoms with E-state index in [2.05, 4.69) is 26.5 Å². The van der Waals surface area contributed by atoms with Crippen LogP contribution in [0.3, 0.4) is 0 Å². The summed E-state index contributed by atoms with van der Waals surface area (Å²) in [7, 11) is 3.68. The summed E-state index contributed by atoms with van der Waals surface area (Å²) in [6, 6.07) is 0.487. The molecule has 9 nitrogen and oxygen atoms in total. The predicted molar refractivity (Wildman–Crippen MR) is 123 cm³/mol. The van der Waals surface area contributed by atoms with Gasteiger partial charge in [0, 0.05) is 44.6 Å². The standard InChI is InChI=1S/C23H29N7O2/c1-5-20(31)28(4)16-9-17(10-16)29-12-19(25-18-11-27(3)26-14(18)2)21-22(23(29)32)30(13-24-21)15-7-6-8-15/h5,11-13,15-17,25H,1,6-10H2,2-4H3. The van der Waals surface area contributed by atoms with Crippen molar-refractivity contribution in [2.45, 2.75) is 57.2 Å². The van der Waals surface area contributed by atoms with Crippen molar-refractivity contribution in [1.82, 2.24) is 28.8 Å². The minimum absolute atomic E-state index is 0.0148. The first kappa shape index (κ1) is 20.5. The molecule has 0 bridgehead atoms. The molecule has 0 radical (unpaired) electrons. The number of fused-ring (bicyclic) bond motifs is 1. The molecule has 0 aliphatic heterocycles. The highest BCUT2D eigenvalue weighted by Crippen LogP contribution is 2.38. The van der Waals surface area contributed by atoms with E-state index in [0.29, 0.717) is 17.1 Å². The number of imidazole rings is 1. The van der Waals surface area contributed by atoms with Crippen molar-refractivity contribution in [2.75, 3.05) is 12.4 Å². The Morgan fingerprint density at radius 1 is 1.22 bits per heavy atom. The molecule has 9 heteroatoms. The number of nitrogens with one attached hydrogen (secondary N) is 1. The summed E-state index contributed by atoms with van der Waals surface area (Å²) < 4.78 is 5.65. The van der Waals surface area contributed by atoms with Gasteiger partial charge in [0.1, 0.15) is 11.0 Å². The number of aryl methyl sites for hydroxylation is 2. The van der Waals surface area contributed by atoms with Crippen molar-refractivity contribution in [3.63, 3.8) is 0 Å². The molecule has 2 aliphatic carbocycles. The SMILES string of the molecule is C=CC(=O)N(C)C1CC(n2cc(Nc3cn(C)nc3C)c3ncn(C4CCC4)c3c2=O)C1. The molecule has 2 saturated carbocycles. The number of rotatable bonds is 6. The van der Waals surface area contributed by atoms with E-state index >= 15 is 0 Å². The first-order valence-corrected chi connectivity index (χ1v) is 11.2. The molecule has 0 aromatic carbocycles. The molecule has 3 heterocycles. The maximum atomic E-state index is 13.6. The highest BCUT2D eigenvalue weighted by atomic mass is 16.2. The van der Waals surface area contributed by atoms with Crippen LogP contribution in [0.15, 0.2) is 36.2 Å². The molecular formula is C23H29N7O2. The minimum Gasteiger partial charge on any atom is -0.350 e. The van der Waals surface area contributed by atoms with Gasteiger partial charge >= 0.3 is 0 Å². The van der Waals surface area contributed by atoms with Gasteiger partial charge in [-0.2, -0.15) is 5.10 Å². The molecule has 0 atom stereocenters. The fourth-order valence-electron chi connectivity index (χ4n) is 4.75. The molecule has 3 aromatic rings. The first-order valence-electron chi connectivity index (χ1n) is 11.2. The summed E-state index contributed by atoms with van der Waals surface area (Å²) in [5, 5.41) is 7.87. The van der Waals surface area contributed by atoms with Crippen LogP contribution in [0, 0.1) is 6.92 Å². The summed E-state index contributed by atoms with van der Waals surface area (Å²) in [5.74, 6) is -0.0892. The van der Waals surface area contributed by atoms with Crippen LogP contribution in [-0.2, 0) is 11.8 Å². The molecule has 0 unspecified atom stereocenters. The number of likely N-dealkylation sites (N-methyl/N-ethyl adjacent to an activating group) is 1. The fraction of sp³-hybridized carbons (Fsp3) is 0.478. The Hall–Kier alpha value is -3.36. The predicted octanol–water partition coefficient (Wildman–Crippen LogP) is 3.06. The Labute approximate surface area is 186 Å². The normalized spacial score (nSPS) is 20.6. The molecule has 1 amide bonds. The summed E-state index contributed by atoms with van der Waals surface area (Å²) in [5.41, 5.74) is 3.90. The van der Waals surface area contributed by atoms with E-state index in [4.69, 9.17) is 0 Å². The monoisotopic (exact) mass is 435 g/mol. The Balaban J connectivity index is 1.55. The van der Waals surface area contributed by atoms with Crippen LogP contribution in [0.2, 0.25) is 0 Å². The van der Waals surface area contributed by atoms with Crippen molar-refractivity contribution in [2.24, 2.45) is 7.05 Å². The molecule has 2 aliphatic rings. The van der Waals surface area contributed by atoms with Crippen molar-refractivity contribution < 1.29 is 4.79 Å². The smallest absolute Gasteiger partial charge is 0.277 e. The van der Waals surface area contributed by atoms with Crippen molar-refractivity contribution in [1.29, 1.82) is 0 Å². The van der Waals surface area contributed by atoms with Crippen LogP contribution in [-0.4, -0.2) is 47.8 Å². The van der Waals surface area contributed by atoms with Crippen LogP contribution in [0.1, 0.15) is 49.9 Å². The van der Waals surface area contributed by atoms with E-state index in [-0.39, 0.29) is 23.6 Å². The average molecular weight is 436 g/mol. The number of carbonyl (C=O) groups is 1. The largest absolute Gasteiger partial charge is 0.350 e. The number of hydrogen-bond acceptors (Lipinski definition) is 5. The van der Waals surface area contributed by atoms with E-state index < -0.39 is 0 Å². The second kappa shape index (κ2) is 7.65. The molecule has 2 fully saturated rings. The summed E-state index contributed by atoms with van der Waals surface area (Å²) in [6.45, 7) is 5.52. The number of anilines is 2. The van der Waals surface area contributed by atoms with Gasteiger partial charge in [-0.25, -0.2) is 4.98 Å². The zero-order valence-corrected chi connectivity index (χ0v) is 18.8. The zero-order chi connectivity index (χ0) is 22.6. The number of carbonyl (C=O) groups excluding carboxylic acids is 1. The minimum atomic E-state index is -0.0892. The Bertz CT molecular complexity index is 1260. The van der Waals surface area contributed by atoms with E-state index in [1.807, 2.05) is 37.3 Å². The highest BCUT2D eigenvalue weighted by Gasteiger charge is 2.36. The van der Waals surface area contributed by atoms with Crippen molar-refractivity contribution in [3.8, 4) is 0 Å². The lowest BCUT2D eigenvalue weighted by atomic mass is 9.85. The molecule has 0 saturated heterocycles. The zero-order valence-electron chi connectivity index (χ0n) is 18.8. The van der Waals surface area contributed by atoms with Crippen LogP contribution >= 0.6 is 0 Å². The molecule has 1 N–H and O–H groups in total. The summed E-state index contributed by atoms with van der Waals surface area (Å²) in [4.78, 5) is 31.9. The lowest BCUT2D eigenvalue weighted by molar-refractivity contribution is -0.129. The third-order valence-corrected chi connectivity index (χ3v) is 7.06. The third-order valence-electron chi connectivity index (χ3n) is 7.06. The maximum absolute atomic E-state index is 13.6. The van der Waals surface area contributed by atoms with Gasteiger partial charge in [-0.3, -0.25) is 14.3 Å². The Kier molecular flexibility index (Phi) is 4.91. The van der Waals surface area contributed by atoms with Crippen LogP contribution < -0.4 is 10.9 Å². The number of nitrogens with zero attached hydrogens (tertiary/aromatic N) is 6. The first-order chi connectivity index (χ1) is 15.4. The molecule has 5 rings (SSSR count). The van der Waals surface area contributed by atoms with Crippen molar-refractivity contribution in [3.05, 3.63) is 47.4 Å². The van der Waals surface area contributed by atoms with Gasteiger partial charge in [0.2, 0.25) is 5.91 Å². The van der Waals surface area contributed by atoms with Crippen LogP contribution in [0.5, 0.6) is 0 Å². The van der Waals surface area contributed by atoms with Gasteiger partial charge in [-0.05, 0) is 45.1 Å². The molecular weight excluding hydrogens is 406 g/mol. The lowest BCUT2D eigenvalue weighted by Crippen LogP contribution is -2.47.